The Labute approximate surface area is 178 Å². The van der Waals surface area contributed by atoms with Crippen LogP contribution in [0.3, 0.4) is 0 Å². The van der Waals surface area contributed by atoms with Gasteiger partial charge in [0.05, 0.1) is 18.4 Å². The van der Waals surface area contributed by atoms with Crippen molar-refractivity contribution < 1.29 is 23.1 Å². The zero-order chi connectivity index (χ0) is 22.1. The van der Waals surface area contributed by atoms with Crippen LogP contribution in [0.5, 0.6) is 5.75 Å². The van der Waals surface area contributed by atoms with Crippen LogP contribution >= 0.6 is 0 Å². The molecule has 0 unspecified atom stereocenters. The van der Waals surface area contributed by atoms with Crippen molar-refractivity contribution >= 4 is 22.2 Å². The number of allylic oxidation sites excluding steroid dienone is 2. The molecule has 0 bridgehead atoms. The Morgan fingerprint density at radius 2 is 2.07 bits per heavy atom. The molecule has 1 aromatic rings. The number of hydrogen-bond acceptors (Lipinski definition) is 6. The molecule has 8 nitrogen and oxygen atoms in total. The zero-order valence-electron chi connectivity index (χ0n) is 17.6. The third kappa shape index (κ3) is 6.43. The average molecular weight is 436 g/mol. The van der Waals surface area contributed by atoms with Crippen LogP contribution in [0.15, 0.2) is 58.1 Å². The van der Waals surface area contributed by atoms with E-state index in [0.29, 0.717) is 31.7 Å². The molecule has 1 saturated heterocycles. The zero-order valence-corrected chi connectivity index (χ0v) is 18.4. The Bertz CT molecular complexity index is 907. The van der Waals surface area contributed by atoms with Gasteiger partial charge in [-0.05, 0) is 55.0 Å². The SMILES string of the molecule is CN=C/C=C\C/C(=C\N(C)[C@H]1CCN(S(=O)(=O)c2ccc(OC)cc2)C1)CC(=O)O. The van der Waals surface area contributed by atoms with Crippen LogP contribution < -0.4 is 4.74 Å². The highest BCUT2D eigenvalue weighted by Crippen LogP contribution is 2.25. The van der Waals surface area contributed by atoms with Crippen LogP contribution in [-0.2, 0) is 14.8 Å². The van der Waals surface area contributed by atoms with E-state index < -0.39 is 16.0 Å². The maximum atomic E-state index is 12.9. The van der Waals surface area contributed by atoms with E-state index in [-0.39, 0.29) is 17.4 Å². The highest BCUT2D eigenvalue weighted by molar-refractivity contribution is 7.89. The minimum absolute atomic E-state index is 0.0250. The van der Waals surface area contributed by atoms with Crippen LogP contribution in [0.1, 0.15) is 19.3 Å². The number of methoxy groups -OCH3 is 1. The summed E-state index contributed by atoms with van der Waals surface area (Å²) >= 11 is 0. The van der Waals surface area contributed by atoms with Gasteiger partial charge < -0.3 is 14.7 Å². The molecule has 0 aromatic heterocycles. The summed E-state index contributed by atoms with van der Waals surface area (Å²) in [6, 6.07) is 6.32. The normalized spacial score (nSPS) is 18.4. The van der Waals surface area contributed by atoms with E-state index in [0.717, 1.165) is 5.57 Å². The lowest BCUT2D eigenvalue weighted by Crippen LogP contribution is -2.34. The smallest absolute Gasteiger partial charge is 0.307 e. The Kier molecular flexibility index (Phi) is 8.61. The molecular weight excluding hydrogens is 406 g/mol. The van der Waals surface area contributed by atoms with Gasteiger partial charge in [0.15, 0.2) is 0 Å². The molecule has 1 heterocycles. The van der Waals surface area contributed by atoms with Crippen LogP contribution in [0.4, 0.5) is 0 Å². The van der Waals surface area contributed by atoms with E-state index in [4.69, 9.17) is 4.74 Å². The Morgan fingerprint density at radius 1 is 1.37 bits per heavy atom. The second-order valence-corrected chi connectivity index (χ2v) is 8.98. The second kappa shape index (κ2) is 10.9. The first-order valence-corrected chi connectivity index (χ1v) is 11.1. The summed E-state index contributed by atoms with van der Waals surface area (Å²) < 4.78 is 32.4. The number of aliphatic carboxylic acids is 1. The van der Waals surface area contributed by atoms with Crippen molar-refractivity contribution in [2.75, 3.05) is 34.3 Å². The number of rotatable bonds is 10. The molecule has 1 atom stereocenters. The van der Waals surface area contributed by atoms with Crippen LogP contribution in [0.2, 0.25) is 0 Å². The van der Waals surface area contributed by atoms with Crippen molar-refractivity contribution in [1.29, 1.82) is 0 Å². The van der Waals surface area contributed by atoms with Gasteiger partial charge in [0.25, 0.3) is 0 Å². The van der Waals surface area contributed by atoms with E-state index in [9.17, 15) is 18.3 Å². The summed E-state index contributed by atoms with van der Waals surface area (Å²) in [4.78, 5) is 17.2. The van der Waals surface area contributed by atoms with Gasteiger partial charge in [0.1, 0.15) is 5.75 Å². The molecule has 1 N–H and O–H groups in total. The van der Waals surface area contributed by atoms with E-state index >= 15 is 0 Å². The number of carboxylic acid groups (broad SMARTS) is 1. The average Bonchev–Trinajstić information content (AvgIpc) is 3.22. The first-order chi connectivity index (χ1) is 14.3. The molecule has 30 heavy (non-hydrogen) atoms. The number of carboxylic acids is 1. The van der Waals surface area contributed by atoms with E-state index in [2.05, 4.69) is 4.99 Å². The lowest BCUT2D eigenvalue weighted by molar-refractivity contribution is -0.136. The third-order valence-corrected chi connectivity index (χ3v) is 6.79. The minimum atomic E-state index is -3.59. The third-order valence-electron chi connectivity index (χ3n) is 4.92. The standard InChI is InChI=1S/C21H29N3O5S/c1-22-12-5-4-6-17(14-21(25)26)15-23(2)18-11-13-24(16-18)30(27,28)20-9-7-19(29-3)8-10-20/h4-5,7-10,12,15,18H,6,11,13-14,16H2,1-3H3,(H,25,26)/b5-4-,17-15+,22-12?/t18-/m0/s1. The van der Waals surface area contributed by atoms with Gasteiger partial charge >= 0.3 is 5.97 Å². The van der Waals surface area contributed by atoms with Crippen LogP contribution in [0, 0.1) is 0 Å². The van der Waals surface area contributed by atoms with Crippen LogP contribution in [-0.4, -0.2) is 75.2 Å². The molecule has 0 amide bonds. The second-order valence-electron chi connectivity index (χ2n) is 7.04. The maximum Gasteiger partial charge on any atom is 0.307 e. The Morgan fingerprint density at radius 3 is 2.67 bits per heavy atom. The van der Waals surface area contributed by atoms with Crippen molar-refractivity contribution in [2.45, 2.75) is 30.2 Å². The number of carbonyl (C=O) groups is 1. The first kappa shape index (κ1) is 23.6. The predicted octanol–water partition coefficient (Wildman–Crippen LogP) is 2.40. The molecule has 0 spiro atoms. The fourth-order valence-corrected chi connectivity index (χ4v) is 4.77. The Hall–Kier alpha value is -2.65. The number of aliphatic imine (C=N–C) groups is 1. The summed E-state index contributed by atoms with van der Waals surface area (Å²) in [6.07, 6.45) is 8.17. The van der Waals surface area contributed by atoms with Crippen LogP contribution in [0.25, 0.3) is 0 Å². The van der Waals surface area contributed by atoms with Crippen molar-refractivity contribution in [2.24, 2.45) is 4.99 Å². The van der Waals surface area contributed by atoms with Gasteiger partial charge in [0, 0.05) is 39.4 Å². The molecule has 1 fully saturated rings. The predicted molar refractivity (Wildman–Crippen MR) is 116 cm³/mol. The molecule has 0 aliphatic carbocycles. The molecule has 1 aliphatic heterocycles. The van der Waals surface area contributed by atoms with Gasteiger partial charge in [-0.15, -0.1) is 0 Å². The van der Waals surface area contributed by atoms with Gasteiger partial charge in [-0.1, -0.05) is 6.08 Å². The lowest BCUT2D eigenvalue weighted by Gasteiger charge is -2.24. The van der Waals surface area contributed by atoms with Gasteiger partial charge in [-0.2, -0.15) is 4.31 Å². The number of likely N-dealkylation sites (N-methyl/N-ethyl adjacent to an activating group) is 1. The fraction of sp³-hybridized carbons (Fsp3) is 0.429. The highest BCUT2D eigenvalue weighted by atomic mass is 32.2. The summed E-state index contributed by atoms with van der Waals surface area (Å²) in [5.74, 6) is -0.300. The number of ether oxygens (including phenoxy) is 1. The first-order valence-electron chi connectivity index (χ1n) is 9.62. The largest absolute Gasteiger partial charge is 0.497 e. The quantitative estimate of drug-likeness (QED) is 0.567. The summed E-state index contributed by atoms with van der Waals surface area (Å²) in [5.41, 5.74) is 0.738. The summed E-state index contributed by atoms with van der Waals surface area (Å²) in [6.45, 7) is 0.762. The Balaban J connectivity index is 2.08. The highest BCUT2D eigenvalue weighted by Gasteiger charge is 2.33. The van der Waals surface area contributed by atoms with Gasteiger partial charge in [-0.3, -0.25) is 9.79 Å². The molecular formula is C21H29N3O5S. The summed E-state index contributed by atoms with van der Waals surface area (Å²) in [5, 5.41) is 9.17. The molecule has 2 rings (SSSR count). The van der Waals surface area contributed by atoms with E-state index in [1.54, 1.807) is 43.6 Å². The molecule has 0 saturated carbocycles. The lowest BCUT2D eigenvalue weighted by atomic mass is 10.1. The monoisotopic (exact) mass is 435 g/mol. The van der Waals surface area contributed by atoms with Gasteiger partial charge in [0.2, 0.25) is 10.0 Å². The molecule has 1 aliphatic rings. The number of sulfonamides is 1. The number of benzene rings is 1. The van der Waals surface area contributed by atoms with Crippen molar-refractivity contribution in [1.82, 2.24) is 9.21 Å². The number of hydrogen-bond donors (Lipinski definition) is 1. The van der Waals surface area contributed by atoms with Gasteiger partial charge in [-0.25, -0.2) is 8.42 Å². The van der Waals surface area contributed by atoms with Crippen molar-refractivity contribution in [3.05, 3.63) is 48.2 Å². The summed E-state index contributed by atoms with van der Waals surface area (Å²) in [7, 11) is 1.46. The van der Waals surface area contributed by atoms with Crippen molar-refractivity contribution in [3.63, 3.8) is 0 Å². The van der Waals surface area contributed by atoms with E-state index in [1.165, 1.54) is 11.4 Å². The topological polar surface area (TPSA) is 99.5 Å². The fourth-order valence-electron chi connectivity index (χ4n) is 3.28. The minimum Gasteiger partial charge on any atom is -0.497 e. The molecule has 9 heteroatoms. The van der Waals surface area contributed by atoms with E-state index in [1.807, 2.05) is 24.2 Å². The van der Waals surface area contributed by atoms with Crippen molar-refractivity contribution in [3.8, 4) is 5.75 Å². The molecule has 164 valence electrons. The number of nitrogens with zero attached hydrogens (tertiary/aromatic N) is 3. The molecule has 0 radical (unpaired) electrons. The molecule has 1 aromatic carbocycles. The maximum absolute atomic E-state index is 12.9.